The van der Waals surface area contributed by atoms with E-state index in [9.17, 15) is 4.39 Å². The van der Waals surface area contributed by atoms with Gasteiger partial charge < -0.3 is 0 Å². The van der Waals surface area contributed by atoms with Crippen molar-refractivity contribution in [3.05, 3.63) is 35.1 Å². The summed E-state index contributed by atoms with van der Waals surface area (Å²) in [7, 11) is 0. The van der Waals surface area contributed by atoms with Gasteiger partial charge in [-0.05, 0) is 43.0 Å². The maximum atomic E-state index is 12.7. The zero-order chi connectivity index (χ0) is 9.68. The van der Waals surface area contributed by atoms with Crippen LogP contribution in [-0.4, -0.2) is 0 Å². The fourth-order valence-electron chi connectivity index (χ4n) is 1.51. The van der Waals surface area contributed by atoms with E-state index in [2.05, 4.69) is 6.92 Å². The molecule has 0 aliphatic carbocycles. The number of rotatable bonds is 4. The topological polar surface area (TPSA) is 0 Å². The van der Waals surface area contributed by atoms with Crippen molar-refractivity contribution in [1.29, 1.82) is 0 Å². The Bertz CT molecular complexity index is 266. The standard InChI is InChI=1S/C12H17F/c1-3-4-5-6-11-7-8-12(13)9-10(11)2/h7-9H,3-6H2,1-2H3. The van der Waals surface area contributed by atoms with Crippen molar-refractivity contribution in [3.8, 4) is 0 Å². The fourth-order valence-corrected chi connectivity index (χ4v) is 1.51. The highest BCUT2D eigenvalue weighted by atomic mass is 19.1. The van der Waals surface area contributed by atoms with Crippen LogP contribution in [0.15, 0.2) is 18.2 Å². The molecule has 1 rings (SSSR count). The molecule has 0 aliphatic heterocycles. The molecular formula is C12H17F. The van der Waals surface area contributed by atoms with E-state index in [0.29, 0.717) is 0 Å². The van der Waals surface area contributed by atoms with Crippen LogP contribution in [0.4, 0.5) is 4.39 Å². The van der Waals surface area contributed by atoms with E-state index < -0.39 is 0 Å². The van der Waals surface area contributed by atoms with Crippen LogP contribution >= 0.6 is 0 Å². The lowest BCUT2D eigenvalue weighted by atomic mass is 10.0. The highest BCUT2D eigenvalue weighted by Crippen LogP contribution is 2.13. The first kappa shape index (κ1) is 10.2. The molecule has 1 aromatic rings. The third kappa shape index (κ3) is 3.17. The fraction of sp³-hybridized carbons (Fsp3) is 0.500. The predicted molar refractivity (Wildman–Crippen MR) is 54.4 cm³/mol. The summed E-state index contributed by atoms with van der Waals surface area (Å²) in [5, 5.41) is 0. The van der Waals surface area contributed by atoms with Gasteiger partial charge in [-0.2, -0.15) is 0 Å². The SMILES string of the molecule is CCCCCc1ccc(F)cc1C. The Hall–Kier alpha value is -0.850. The molecule has 1 heteroatoms. The number of hydrogen-bond acceptors (Lipinski definition) is 0. The minimum Gasteiger partial charge on any atom is -0.207 e. The molecule has 0 bridgehead atoms. The van der Waals surface area contributed by atoms with Crippen molar-refractivity contribution >= 4 is 0 Å². The Kier molecular flexibility index (Phi) is 3.94. The summed E-state index contributed by atoms with van der Waals surface area (Å²) in [6.07, 6.45) is 4.79. The van der Waals surface area contributed by atoms with Gasteiger partial charge in [0.2, 0.25) is 0 Å². The van der Waals surface area contributed by atoms with Crippen LogP contribution in [0.5, 0.6) is 0 Å². The van der Waals surface area contributed by atoms with Gasteiger partial charge in [-0.3, -0.25) is 0 Å². The number of hydrogen-bond donors (Lipinski definition) is 0. The Morgan fingerprint density at radius 2 is 2.00 bits per heavy atom. The summed E-state index contributed by atoms with van der Waals surface area (Å²) in [6.45, 7) is 4.17. The quantitative estimate of drug-likeness (QED) is 0.617. The van der Waals surface area contributed by atoms with Gasteiger partial charge in [0.1, 0.15) is 5.82 Å². The molecular weight excluding hydrogens is 163 g/mol. The molecule has 13 heavy (non-hydrogen) atoms. The second-order valence-corrected chi connectivity index (χ2v) is 3.53. The lowest BCUT2D eigenvalue weighted by molar-refractivity contribution is 0.624. The lowest BCUT2D eigenvalue weighted by Gasteiger charge is -2.04. The van der Waals surface area contributed by atoms with Gasteiger partial charge in [-0.15, -0.1) is 0 Å². The van der Waals surface area contributed by atoms with Crippen LogP contribution in [-0.2, 0) is 6.42 Å². The van der Waals surface area contributed by atoms with Crippen LogP contribution < -0.4 is 0 Å². The highest BCUT2D eigenvalue weighted by molar-refractivity contribution is 5.26. The van der Waals surface area contributed by atoms with E-state index in [1.807, 2.05) is 13.0 Å². The summed E-state index contributed by atoms with van der Waals surface area (Å²) in [6, 6.07) is 5.07. The summed E-state index contributed by atoms with van der Waals surface area (Å²) in [5.74, 6) is -0.128. The third-order valence-electron chi connectivity index (χ3n) is 2.35. The van der Waals surface area contributed by atoms with E-state index >= 15 is 0 Å². The second kappa shape index (κ2) is 5.00. The maximum Gasteiger partial charge on any atom is 0.123 e. The Labute approximate surface area is 79.8 Å². The second-order valence-electron chi connectivity index (χ2n) is 3.53. The van der Waals surface area contributed by atoms with E-state index in [0.717, 1.165) is 12.0 Å². The van der Waals surface area contributed by atoms with E-state index in [-0.39, 0.29) is 5.82 Å². The minimum absolute atomic E-state index is 0.128. The minimum atomic E-state index is -0.128. The van der Waals surface area contributed by atoms with Crippen LogP contribution in [0, 0.1) is 12.7 Å². The van der Waals surface area contributed by atoms with Gasteiger partial charge in [-0.25, -0.2) is 4.39 Å². The van der Waals surface area contributed by atoms with Crippen LogP contribution in [0.25, 0.3) is 0 Å². The Morgan fingerprint density at radius 1 is 1.23 bits per heavy atom. The maximum absolute atomic E-state index is 12.7. The van der Waals surface area contributed by atoms with Crippen molar-refractivity contribution < 1.29 is 4.39 Å². The average molecular weight is 180 g/mol. The molecule has 0 atom stereocenters. The molecule has 0 saturated heterocycles. The molecule has 0 nitrogen and oxygen atoms in total. The van der Waals surface area contributed by atoms with Crippen molar-refractivity contribution in [3.63, 3.8) is 0 Å². The van der Waals surface area contributed by atoms with Gasteiger partial charge in [-0.1, -0.05) is 25.8 Å². The summed E-state index contributed by atoms with van der Waals surface area (Å²) >= 11 is 0. The van der Waals surface area contributed by atoms with Crippen molar-refractivity contribution in [2.24, 2.45) is 0 Å². The number of halogens is 1. The monoisotopic (exact) mass is 180 g/mol. The first-order valence-electron chi connectivity index (χ1n) is 4.99. The predicted octanol–water partition coefficient (Wildman–Crippen LogP) is 3.87. The van der Waals surface area contributed by atoms with Gasteiger partial charge in [0, 0.05) is 0 Å². The van der Waals surface area contributed by atoms with E-state index in [4.69, 9.17) is 0 Å². The van der Waals surface area contributed by atoms with Gasteiger partial charge in [0.05, 0.1) is 0 Å². The first-order chi connectivity index (χ1) is 6.24. The first-order valence-corrected chi connectivity index (χ1v) is 4.99. The van der Waals surface area contributed by atoms with Crippen LogP contribution in [0.3, 0.4) is 0 Å². The normalized spacial score (nSPS) is 10.4. The highest BCUT2D eigenvalue weighted by Gasteiger charge is 1.99. The molecule has 0 spiro atoms. The van der Waals surface area contributed by atoms with Crippen LogP contribution in [0.2, 0.25) is 0 Å². The zero-order valence-corrected chi connectivity index (χ0v) is 8.44. The molecule has 0 N–H and O–H groups in total. The van der Waals surface area contributed by atoms with Crippen molar-refractivity contribution in [2.45, 2.75) is 39.5 Å². The van der Waals surface area contributed by atoms with Crippen molar-refractivity contribution in [2.75, 3.05) is 0 Å². The molecule has 0 fully saturated rings. The van der Waals surface area contributed by atoms with Gasteiger partial charge in [0.15, 0.2) is 0 Å². The zero-order valence-electron chi connectivity index (χ0n) is 8.44. The van der Waals surface area contributed by atoms with Gasteiger partial charge in [0.25, 0.3) is 0 Å². The molecule has 0 saturated carbocycles. The smallest absolute Gasteiger partial charge is 0.123 e. The van der Waals surface area contributed by atoms with E-state index in [1.165, 1.54) is 24.8 Å². The summed E-state index contributed by atoms with van der Waals surface area (Å²) < 4.78 is 12.7. The third-order valence-corrected chi connectivity index (χ3v) is 2.35. The molecule has 0 heterocycles. The molecule has 1 aromatic carbocycles. The summed E-state index contributed by atoms with van der Waals surface area (Å²) in [5.41, 5.74) is 2.37. The number of aryl methyl sites for hydroxylation is 2. The Balaban J connectivity index is 2.56. The van der Waals surface area contributed by atoms with Crippen molar-refractivity contribution in [1.82, 2.24) is 0 Å². The molecule has 0 aliphatic rings. The van der Waals surface area contributed by atoms with E-state index in [1.54, 1.807) is 12.1 Å². The Morgan fingerprint density at radius 3 is 2.62 bits per heavy atom. The van der Waals surface area contributed by atoms with Gasteiger partial charge >= 0.3 is 0 Å². The molecule has 0 amide bonds. The molecule has 72 valence electrons. The molecule has 0 aromatic heterocycles. The molecule has 0 radical (unpaired) electrons. The molecule has 0 unspecified atom stereocenters. The number of benzene rings is 1. The largest absolute Gasteiger partial charge is 0.207 e. The number of unbranched alkanes of at least 4 members (excludes halogenated alkanes) is 2. The lowest BCUT2D eigenvalue weighted by Crippen LogP contribution is -1.90. The summed E-state index contributed by atoms with van der Waals surface area (Å²) in [4.78, 5) is 0. The average Bonchev–Trinajstić information content (AvgIpc) is 2.09. The van der Waals surface area contributed by atoms with Crippen LogP contribution in [0.1, 0.15) is 37.3 Å².